The third-order valence-corrected chi connectivity index (χ3v) is 1.97. The summed E-state index contributed by atoms with van der Waals surface area (Å²) in [4.78, 5) is 10.9. The number of alkyl halides is 1. The summed E-state index contributed by atoms with van der Waals surface area (Å²) in [6.45, 7) is 4.90. The van der Waals surface area contributed by atoms with Crippen molar-refractivity contribution in [2.45, 2.75) is 38.5 Å². The van der Waals surface area contributed by atoms with Crippen LogP contribution in [0.15, 0.2) is 12.2 Å². The number of hydrogen-bond donors (Lipinski definition) is 0. The molecular weight excluding hydrogens is 159 g/mol. The van der Waals surface area contributed by atoms with Gasteiger partial charge in [-0.2, -0.15) is 4.39 Å². The molecule has 0 aromatic heterocycles. The minimum absolute atomic E-state index is 0.249. The van der Waals surface area contributed by atoms with Crippen LogP contribution in [0, 0.1) is 0 Å². The standard InChI is InChI=1S/C9H13FO2/c1-7(2)8(11)12-9(10)5-3-4-6-9/h1,3-6H2,2H3. The van der Waals surface area contributed by atoms with Gasteiger partial charge in [0, 0.05) is 18.4 Å². The molecule has 68 valence electrons. The van der Waals surface area contributed by atoms with Crippen LogP contribution in [0.5, 0.6) is 0 Å². The van der Waals surface area contributed by atoms with Gasteiger partial charge >= 0.3 is 5.97 Å². The first-order valence-corrected chi connectivity index (χ1v) is 4.11. The van der Waals surface area contributed by atoms with E-state index in [0.717, 1.165) is 12.8 Å². The molecule has 0 aliphatic heterocycles. The summed E-state index contributed by atoms with van der Waals surface area (Å²) in [7, 11) is 0. The van der Waals surface area contributed by atoms with Gasteiger partial charge in [0.25, 0.3) is 5.85 Å². The lowest BCUT2D eigenvalue weighted by Gasteiger charge is -2.19. The van der Waals surface area contributed by atoms with Gasteiger partial charge in [-0.15, -0.1) is 0 Å². The first-order chi connectivity index (χ1) is 5.53. The molecule has 0 N–H and O–H groups in total. The topological polar surface area (TPSA) is 26.3 Å². The zero-order valence-corrected chi connectivity index (χ0v) is 7.23. The molecule has 1 aliphatic carbocycles. The molecule has 0 amide bonds. The predicted molar refractivity (Wildman–Crippen MR) is 43.2 cm³/mol. The van der Waals surface area contributed by atoms with E-state index in [2.05, 4.69) is 11.3 Å². The number of hydrogen-bond acceptors (Lipinski definition) is 2. The smallest absolute Gasteiger partial charge is 0.335 e. The monoisotopic (exact) mass is 172 g/mol. The Morgan fingerprint density at radius 2 is 2.00 bits per heavy atom. The van der Waals surface area contributed by atoms with Gasteiger partial charge in [0.2, 0.25) is 0 Å². The van der Waals surface area contributed by atoms with Crippen molar-refractivity contribution in [1.29, 1.82) is 0 Å². The van der Waals surface area contributed by atoms with Gasteiger partial charge in [0.05, 0.1) is 0 Å². The Kier molecular flexibility index (Phi) is 2.50. The zero-order valence-electron chi connectivity index (χ0n) is 7.23. The molecule has 1 aliphatic rings. The Morgan fingerprint density at radius 1 is 1.50 bits per heavy atom. The number of halogens is 1. The van der Waals surface area contributed by atoms with Gasteiger partial charge in [0.1, 0.15) is 0 Å². The van der Waals surface area contributed by atoms with Gasteiger partial charge in [-0.05, 0) is 19.8 Å². The minimum Gasteiger partial charge on any atom is -0.425 e. The lowest BCUT2D eigenvalue weighted by atomic mass is 10.2. The third-order valence-electron chi connectivity index (χ3n) is 1.97. The Morgan fingerprint density at radius 3 is 2.42 bits per heavy atom. The lowest BCUT2D eigenvalue weighted by molar-refractivity contribution is -0.175. The van der Waals surface area contributed by atoms with Crippen LogP contribution in [0.1, 0.15) is 32.6 Å². The summed E-state index contributed by atoms with van der Waals surface area (Å²) in [6.07, 6.45) is 2.23. The van der Waals surface area contributed by atoms with Crippen LogP contribution >= 0.6 is 0 Å². The van der Waals surface area contributed by atoms with Crippen molar-refractivity contribution in [3.05, 3.63) is 12.2 Å². The molecule has 1 fully saturated rings. The van der Waals surface area contributed by atoms with E-state index in [1.807, 2.05) is 0 Å². The van der Waals surface area contributed by atoms with Crippen LogP contribution < -0.4 is 0 Å². The van der Waals surface area contributed by atoms with Crippen LogP contribution in [0.3, 0.4) is 0 Å². The maximum atomic E-state index is 13.4. The molecule has 2 nitrogen and oxygen atoms in total. The van der Waals surface area contributed by atoms with E-state index >= 15 is 0 Å². The van der Waals surface area contributed by atoms with Crippen molar-refractivity contribution in [2.24, 2.45) is 0 Å². The van der Waals surface area contributed by atoms with Crippen LogP contribution in [0.25, 0.3) is 0 Å². The van der Waals surface area contributed by atoms with E-state index in [1.165, 1.54) is 6.92 Å². The van der Waals surface area contributed by atoms with Crippen LogP contribution in [-0.2, 0) is 9.53 Å². The molecule has 0 aromatic carbocycles. The Balaban J connectivity index is 2.49. The molecule has 0 spiro atoms. The van der Waals surface area contributed by atoms with Crippen molar-refractivity contribution in [3.63, 3.8) is 0 Å². The SMILES string of the molecule is C=C(C)C(=O)OC1(F)CCCC1. The summed E-state index contributed by atoms with van der Waals surface area (Å²) in [5, 5.41) is 0. The third kappa shape index (κ3) is 2.06. The summed E-state index contributed by atoms with van der Waals surface area (Å²) in [6, 6.07) is 0. The first kappa shape index (κ1) is 9.23. The number of carbonyl (C=O) groups excluding carboxylic acids is 1. The summed E-state index contributed by atoms with van der Waals surface area (Å²) < 4.78 is 18.1. The fourth-order valence-electron chi connectivity index (χ4n) is 1.26. The van der Waals surface area contributed by atoms with Crippen molar-refractivity contribution in [2.75, 3.05) is 0 Å². The molecule has 1 saturated carbocycles. The molecule has 0 radical (unpaired) electrons. The Hall–Kier alpha value is -0.860. The predicted octanol–water partition coefficient (Wildman–Crippen LogP) is 2.35. The molecule has 0 aromatic rings. The van der Waals surface area contributed by atoms with E-state index in [1.54, 1.807) is 0 Å². The highest BCUT2D eigenvalue weighted by Gasteiger charge is 2.37. The van der Waals surface area contributed by atoms with Gasteiger partial charge in [-0.1, -0.05) is 6.58 Å². The van der Waals surface area contributed by atoms with E-state index in [4.69, 9.17) is 0 Å². The lowest BCUT2D eigenvalue weighted by Crippen LogP contribution is -2.26. The highest BCUT2D eigenvalue weighted by molar-refractivity contribution is 5.87. The fraction of sp³-hybridized carbons (Fsp3) is 0.667. The summed E-state index contributed by atoms with van der Waals surface area (Å²) in [5.74, 6) is -2.34. The van der Waals surface area contributed by atoms with E-state index < -0.39 is 11.8 Å². The number of rotatable bonds is 2. The van der Waals surface area contributed by atoms with Crippen molar-refractivity contribution >= 4 is 5.97 Å². The minimum atomic E-state index is -1.71. The second-order valence-corrected chi connectivity index (χ2v) is 3.26. The highest BCUT2D eigenvalue weighted by Crippen LogP contribution is 2.34. The normalized spacial score (nSPS) is 20.5. The molecule has 0 bridgehead atoms. The van der Waals surface area contributed by atoms with E-state index in [9.17, 15) is 9.18 Å². The number of ether oxygens (including phenoxy) is 1. The second kappa shape index (κ2) is 3.25. The maximum absolute atomic E-state index is 13.4. The number of carbonyl (C=O) groups is 1. The van der Waals surface area contributed by atoms with E-state index in [-0.39, 0.29) is 5.57 Å². The first-order valence-electron chi connectivity index (χ1n) is 4.11. The molecule has 0 atom stereocenters. The molecule has 0 unspecified atom stereocenters. The van der Waals surface area contributed by atoms with Crippen molar-refractivity contribution < 1.29 is 13.9 Å². The molecule has 1 rings (SSSR count). The van der Waals surface area contributed by atoms with Gasteiger partial charge in [-0.25, -0.2) is 4.79 Å². The quantitative estimate of drug-likeness (QED) is 0.472. The molecular formula is C9H13FO2. The second-order valence-electron chi connectivity index (χ2n) is 3.26. The van der Waals surface area contributed by atoms with Crippen LogP contribution in [0.2, 0.25) is 0 Å². The maximum Gasteiger partial charge on any atom is 0.335 e. The van der Waals surface area contributed by atoms with Crippen LogP contribution in [0.4, 0.5) is 4.39 Å². The number of esters is 1. The Bertz CT molecular complexity index is 205. The van der Waals surface area contributed by atoms with Gasteiger partial charge < -0.3 is 4.74 Å². The zero-order chi connectivity index (χ0) is 9.19. The highest BCUT2D eigenvalue weighted by atomic mass is 19.2. The van der Waals surface area contributed by atoms with Gasteiger partial charge in [0.15, 0.2) is 0 Å². The molecule has 12 heavy (non-hydrogen) atoms. The van der Waals surface area contributed by atoms with Crippen molar-refractivity contribution in [3.8, 4) is 0 Å². The largest absolute Gasteiger partial charge is 0.425 e. The summed E-state index contributed by atoms with van der Waals surface area (Å²) in [5.41, 5.74) is 0.249. The van der Waals surface area contributed by atoms with E-state index in [0.29, 0.717) is 12.8 Å². The van der Waals surface area contributed by atoms with Gasteiger partial charge in [-0.3, -0.25) is 0 Å². The van der Waals surface area contributed by atoms with Crippen LogP contribution in [-0.4, -0.2) is 11.8 Å². The fourth-order valence-corrected chi connectivity index (χ4v) is 1.26. The van der Waals surface area contributed by atoms with Crippen molar-refractivity contribution in [1.82, 2.24) is 0 Å². The average Bonchev–Trinajstić information content (AvgIpc) is 2.35. The molecule has 3 heteroatoms. The Labute approximate surface area is 71.4 Å². The molecule has 0 saturated heterocycles. The molecule has 0 heterocycles. The average molecular weight is 172 g/mol. The summed E-state index contributed by atoms with van der Waals surface area (Å²) >= 11 is 0.